The van der Waals surface area contributed by atoms with E-state index in [2.05, 4.69) is 5.38 Å². The molecule has 0 bridgehead atoms. The molecule has 90 valence electrons. The maximum Gasteiger partial charge on any atom is 0.165 e. The molecular weight excluding hydrogens is 237 g/mol. The average molecular weight is 251 g/mol. The van der Waals surface area contributed by atoms with Crippen LogP contribution in [0.15, 0.2) is 35.0 Å². The standard InChI is InChI=1S/C13H14FNOS/c14-12-3-1-2-11(8-15)13(12)16-6-4-10-5-7-17-9-10/h1-3,5,7,9H,4,6,8,15H2. The van der Waals surface area contributed by atoms with E-state index in [0.29, 0.717) is 12.2 Å². The van der Waals surface area contributed by atoms with Gasteiger partial charge < -0.3 is 10.5 Å². The Bertz CT molecular complexity index is 470. The fraction of sp³-hybridized carbons (Fsp3) is 0.231. The van der Waals surface area contributed by atoms with Gasteiger partial charge in [0.25, 0.3) is 0 Å². The van der Waals surface area contributed by atoms with Crippen molar-refractivity contribution in [2.45, 2.75) is 13.0 Å². The van der Waals surface area contributed by atoms with Crippen LogP contribution in [0, 0.1) is 5.82 Å². The van der Waals surface area contributed by atoms with Crippen molar-refractivity contribution in [3.63, 3.8) is 0 Å². The molecule has 2 nitrogen and oxygen atoms in total. The first-order valence-electron chi connectivity index (χ1n) is 5.42. The summed E-state index contributed by atoms with van der Waals surface area (Å²) >= 11 is 1.65. The van der Waals surface area contributed by atoms with Crippen LogP contribution in [-0.2, 0) is 13.0 Å². The number of halogens is 1. The maximum atomic E-state index is 13.5. The fourth-order valence-electron chi connectivity index (χ4n) is 1.58. The van der Waals surface area contributed by atoms with Gasteiger partial charge in [0, 0.05) is 18.5 Å². The third kappa shape index (κ3) is 3.05. The summed E-state index contributed by atoms with van der Waals surface area (Å²) in [5, 5.41) is 4.08. The first-order valence-corrected chi connectivity index (χ1v) is 6.37. The van der Waals surface area contributed by atoms with Gasteiger partial charge in [-0.2, -0.15) is 11.3 Å². The molecule has 1 heterocycles. The van der Waals surface area contributed by atoms with Crippen molar-refractivity contribution in [2.24, 2.45) is 5.73 Å². The Morgan fingerprint density at radius 2 is 2.18 bits per heavy atom. The molecule has 0 aliphatic rings. The second-order valence-electron chi connectivity index (χ2n) is 3.66. The van der Waals surface area contributed by atoms with Gasteiger partial charge in [-0.3, -0.25) is 0 Å². The zero-order valence-corrected chi connectivity index (χ0v) is 10.2. The van der Waals surface area contributed by atoms with Crippen LogP contribution in [0.25, 0.3) is 0 Å². The highest BCUT2D eigenvalue weighted by molar-refractivity contribution is 7.07. The minimum absolute atomic E-state index is 0.283. The van der Waals surface area contributed by atoms with E-state index in [0.717, 1.165) is 6.42 Å². The summed E-state index contributed by atoms with van der Waals surface area (Å²) in [5.74, 6) is -0.0662. The van der Waals surface area contributed by atoms with Crippen LogP contribution >= 0.6 is 11.3 Å². The van der Waals surface area contributed by atoms with Crippen LogP contribution in [0.4, 0.5) is 4.39 Å². The van der Waals surface area contributed by atoms with Crippen LogP contribution in [0.1, 0.15) is 11.1 Å². The van der Waals surface area contributed by atoms with E-state index in [1.54, 1.807) is 23.5 Å². The molecule has 0 unspecified atom stereocenters. The molecule has 0 atom stereocenters. The normalized spacial score (nSPS) is 10.5. The lowest BCUT2D eigenvalue weighted by Crippen LogP contribution is -2.07. The number of hydrogen-bond donors (Lipinski definition) is 1. The Hall–Kier alpha value is -1.39. The zero-order chi connectivity index (χ0) is 12.1. The lowest BCUT2D eigenvalue weighted by atomic mass is 10.2. The zero-order valence-electron chi connectivity index (χ0n) is 9.36. The lowest BCUT2D eigenvalue weighted by Gasteiger charge is -2.10. The summed E-state index contributed by atoms with van der Waals surface area (Å²) in [6, 6.07) is 6.85. The molecule has 0 saturated carbocycles. The summed E-state index contributed by atoms with van der Waals surface area (Å²) in [6.45, 7) is 0.746. The van der Waals surface area contributed by atoms with E-state index in [1.807, 2.05) is 11.4 Å². The summed E-state index contributed by atoms with van der Waals surface area (Å²) in [6.07, 6.45) is 0.780. The minimum atomic E-state index is -0.349. The summed E-state index contributed by atoms with van der Waals surface area (Å²) in [4.78, 5) is 0. The molecule has 17 heavy (non-hydrogen) atoms. The molecule has 0 spiro atoms. The molecule has 0 fully saturated rings. The Balaban J connectivity index is 1.98. The number of rotatable bonds is 5. The Morgan fingerprint density at radius 1 is 1.29 bits per heavy atom. The Morgan fingerprint density at radius 3 is 2.88 bits per heavy atom. The smallest absolute Gasteiger partial charge is 0.165 e. The fourth-order valence-corrected chi connectivity index (χ4v) is 2.28. The van der Waals surface area contributed by atoms with Gasteiger partial charge in [0.05, 0.1) is 6.61 Å². The second-order valence-corrected chi connectivity index (χ2v) is 4.44. The average Bonchev–Trinajstić information content (AvgIpc) is 2.84. The lowest BCUT2D eigenvalue weighted by molar-refractivity contribution is 0.302. The summed E-state index contributed by atoms with van der Waals surface area (Å²) in [7, 11) is 0. The molecule has 1 aromatic heterocycles. The van der Waals surface area contributed by atoms with Crippen molar-refractivity contribution in [1.29, 1.82) is 0 Å². The number of para-hydroxylation sites is 1. The third-order valence-electron chi connectivity index (χ3n) is 2.49. The van der Waals surface area contributed by atoms with Crippen LogP contribution in [0.5, 0.6) is 5.75 Å². The van der Waals surface area contributed by atoms with Crippen molar-refractivity contribution in [1.82, 2.24) is 0 Å². The Labute approximate surface area is 104 Å². The molecule has 0 aliphatic heterocycles. The molecule has 2 rings (SSSR count). The topological polar surface area (TPSA) is 35.2 Å². The van der Waals surface area contributed by atoms with Crippen molar-refractivity contribution in [2.75, 3.05) is 6.61 Å². The van der Waals surface area contributed by atoms with E-state index in [9.17, 15) is 4.39 Å². The van der Waals surface area contributed by atoms with Gasteiger partial charge >= 0.3 is 0 Å². The maximum absolute atomic E-state index is 13.5. The molecule has 2 N–H and O–H groups in total. The van der Waals surface area contributed by atoms with Gasteiger partial charge in [-0.15, -0.1) is 0 Å². The first-order chi connectivity index (χ1) is 8.31. The van der Waals surface area contributed by atoms with Crippen LogP contribution in [0.3, 0.4) is 0 Å². The first kappa shape index (κ1) is 12.1. The number of nitrogens with two attached hydrogens (primary N) is 1. The van der Waals surface area contributed by atoms with Crippen molar-refractivity contribution < 1.29 is 9.13 Å². The Kier molecular flexibility index (Phi) is 4.12. The van der Waals surface area contributed by atoms with Crippen molar-refractivity contribution in [3.8, 4) is 5.75 Å². The predicted octanol–water partition coefficient (Wildman–Crippen LogP) is 2.97. The molecule has 0 radical (unpaired) electrons. The van der Waals surface area contributed by atoms with Crippen molar-refractivity contribution >= 4 is 11.3 Å². The van der Waals surface area contributed by atoms with Gasteiger partial charge in [-0.05, 0) is 28.5 Å². The largest absolute Gasteiger partial charge is 0.490 e. The predicted molar refractivity (Wildman–Crippen MR) is 67.8 cm³/mol. The van der Waals surface area contributed by atoms with Gasteiger partial charge in [0.1, 0.15) is 0 Å². The number of hydrogen-bond acceptors (Lipinski definition) is 3. The molecule has 0 aliphatic carbocycles. The number of thiophene rings is 1. The molecule has 4 heteroatoms. The van der Waals surface area contributed by atoms with Gasteiger partial charge in [-0.25, -0.2) is 4.39 Å². The van der Waals surface area contributed by atoms with Crippen LogP contribution < -0.4 is 10.5 Å². The molecule has 2 aromatic rings. The SMILES string of the molecule is NCc1cccc(F)c1OCCc1ccsc1. The summed E-state index contributed by atoms with van der Waals surface area (Å²) in [5.41, 5.74) is 7.45. The van der Waals surface area contributed by atoms with E-state index >= 15 is 0 Å². The van der Waals surface area contributed by atoms with Gasteiger partial charge in [0.2, 0.25) is 0 Å². The van der Waals surface area contributed by atoms with Crippen LogP contribution in [0.2, 0.25) is 0 Å². The van der Waals surface area contributed by atoms with E-state index in [1.165, 1.54) is 11.6 Å². The quantitative estimate of drug-likeness (QED) is 0.886. The monoisotopic (exact) mass is 251 g/mol. The second kappa shape index (κ2) is 5.80. The highest BCUT2D eigenvalue weighted by atomic mass is 32.1. The minimum Gasteiger partial charge on any atom is -0.490 e. The van der Waals surface area contributed by atoms with Crippen molar-refractivity contribution in [3.05, 3.63) is 52.0 Å². The van der Waals surface area contributed by atoms with E-state index in [4.69, 9.17) is 10.5 Å². The molecule has 1 aromatic carbocycles. The number of ether oxygens (including phenoxy) is 1. The summed E-state index contributed by atoms with van der Waals surface area (Å²) < 4.78 is 19.0. The van der Waals surface area contributed by atoms with E-state index in [-0.39, 0.29) is 18.1 Å². The highest BCUT2D eigenvalue weighted by Gasteiger charge is 2.08. The molecule has 0 amide bonds. The van der Waals surface area contributed by atoms with Gasteiger partial charge in [0.15, 0.2) is 11.6 Å². The molecular formula is C13H14FNOS. The number of benzene rings is 1. The molecule has 0 saturated heterocycles. The third-order valence-corrected chi connectivity index (χ3v) is 3.22. The highest BCUT2D eigenvalue weighted by Crippen LogP contribution is 2.22. The van der Waals surface area contributed by atoms with Crippen LogP contribution in [-0.4, -0.2) is 6.61 Å². The van der Waals surface area contributed by atoms with E-state index < -0.39 is 0 Å². The van der Waals surface area contributed by atoms with Gasteiger partial charge in [-0.1, -0.05) is 12.1 Å².